The minimum absolute atomic E-state index is 0.00298. The average Bonchev–Trinajstić information content (AvgIpc) is 3.16. The highest BCUT2D eigenvalue weighted by Gasteiger charge is 2.31. The van der Waals surface area contributed by atoms with E-state index in [1.54, 1.807) is 23.9 Å². The molecular formula is C17H22FNOS. The number of nitrogens with zero attached hydrogens (tertiary/aromatic N) is 1. The number of carbonyl (C=O) groups is 1. The number of hydrogen-bond acceptors (Lipinski definition) is 2. The highest BCUT2D eigenvalue weighted by molar-refractivity contribution is 7.99. The van der Waals surface area contributed by atoms with Crippen LogP contribution in [0.3, 0.4) is 0 Å². The largest absolute Gasteiger partial charge is 0.326 e. The molecule has 1 aliphatic heterocycles. The van der Waals surface area contributed by atoms with Crippen LogP contribution >= 0.6 is 11.8 Å². The monoisotopic (exact) mass is 307 g/mol. The van der Waals surface area contributed by atoms with E-state index in [0.717, 1.165) is 30.2 Å². The zero-order chi connectivity index (χ0) is 14.7. The number of benzene rings is 1. The van der Waals surface area contributed by atoms with Gasteiger partial charge in [-0.2, -0.15) is 0 Å². The summed E-state index contributed by atoms with van der Waals surface area (Å²) in [5, 5.41) is -0.00298. The Bertz CT molecular complexity index is 501. The van der Waals surface area contributed by atoms with Gasteiger partial charge in [0.1, 0.15) is 11.2 Å². The molecule has 1 saturated heterocycles. The van der Waals surface area contributed by atoms with E-state index < -0.39 is 0 Å². The zero-order valence-electron chi connectivity index (χ0n) is 12.3. The van der Waals surface area contributed by atoms with Gasteiger partial charge >= 0.3 is 0 Å². The first-order chi connectivity index (χ1) is 10.2. The van der Waals surface area contributed by atoms with Crippen LogP contribution in [0.2, 0.25) is 0 Å². The van der Waals surface area contributed by atoms with Crippen molar-refractivity contribution >= 4 is 17.7 Å². The van der Waals surface area contributed by atoms with Gasteiger partial charge in [-0.15, -0.1) is 11.8 Å². The van der Waals surface area contributed by atoms with Crippen LogP contribution in [-0.4, -0.2) is 23.1 Å². The Morgan fingerprint density at radius 3 is 2.90 bits per heavy atom. The Balaban J connectivity index is 1.61. The topological polar surface area (TPSA) is 20.3 Å². The summed E-state index contributed by atoms with van der Waals surface area (Å²) in [6, 6.07) is 6.66. The SMILES string of the molecule is O=C(CCC1CCCC1)N1CCS[C@H]1c1cccc(F)c1. The molecule has 0 unspecified atom stereocenters. The third-order valence-corrected chi connectivity index (χ3v) is 5.85. The predicted octanol–water partition coefficient (Wildman–Crippen LogP) is 4.37. The molecular weight excluding hydrogens is 285 g/mol. The quantitative estimate of drug-likeness (QED) is 0.823. The second kappa shape index (κ2) is 6.82. The van der Waals surface area contributed by atoms with E-state index in [9.17, 15) is 9.18 Å². The Kier molecular flexibility index (Phi) is 4.84. The van der Waals surface area contributed by atoms with Gasteiger partial charge in [0, 0.05) is 18.7 Å². The Morgan fingerprint density at radius 2 is 2.14 bits per heavy atom. The van der Waals surface area contributed by atoms with Crippen LogP contribution in [0.4, 0.5) is 4.39 Å². The van der Waals surface area contributed by atoms with Crippen molar-refractivity contribution in [3.05, 3.63) is 35.6 Å². The van der Waals surface area contributed by atoms with Crippen molar-refractivity contribution < 1.29 is 9.18 Å². The molecule has 1 amide bonds. The van der Waals surface area contributed by atoms with E-state index in [2.05, 4.69) is 0 Å². The molecule has 4 heteroatoms. The number of halogens is 1. The van der Waals surface area contributed by atoms with Gasteiger partial charge in [-0.25, -0.2) is 4.39 Å². The lowest BCUT2D eigenvalue weighted by Crippen LogP contribution is -2.30. The predicted molar refractivity (Wildman–Crippen MR) is 84.5 cm³/mol. The highest BCUT2D eigenvalue weighted by Crippen LogP contribution is 2.39. The summed E-state index contributed by atoms with van der Waals surface area (Å²) in [4.78, 5) is 14.4. The minimum atomic E-state index is -0.224. The Labute approximate surface area is 130 Å². The third-order valence-electron chi connectivity index (χ3n) is 4.59. The first-order valence-corrected chi connectivity index (χ1v) is 8.95. The van der Waals surface area contributed by atoms with Crippen molar-refractivity contribution in [1.82, 2.24) is 4.90 Å². The average molecular weight is 307 g/mol. The number of carbonyl (C=O) groups excluding carboxylic acids is 1. The van der Waals surface area contributed by atoms with E-state index >= 15 is 0 Å². The Hall–Kier alpha value is -1.03. The molecule has 0 bridgehead atoms. The molecule has 114 valence electrons. The lowest BCUT2D eigenvalue weighted by molar-refractivity contribution is -0.131. The molecule has 0 aromatic heterocycles. The van der Waals surface area contributed by atoms with E-state index in [1.807, 2.05) is 11.0 Å². The van der Waals surface area contributed by atoms with Crippen LogP contribution in [-0.2, 0) is 4.79 Å². The fraction of sp³-hybridized carbons (Fsp3) is 0.588. The van der Waals surface area contributed by atoms with Gasteiger partial charge in [-0.05, 0) is 30.0 Å². The molecule has 0 radical (unpaired) electrons. The van der Waals surface area contributed by atoms with Crippen molar-refractivity contribution in [2.45, 2.75) is 43.9 Å². The van der Waals surface area contributed by atoms with Crippen molar-refractivity contribution in [3.63, 3.8) is 0 Å². The molecule has 0 N–H and O–H groups in total. The maximum Gasteiger partial charge on any atom is 0.223 e. The molecule has 1 atom stereocenters. The van der Waals surface area contributed by atoms with Crippen molar-refractivity contribution in [2.75, 3.05) is 12.3 Å². The maximum atomic E-state index is 13.4. The molecule has 3 rings (SSSR count). The van der Waals surface area contributed by atoms with Gasteiger partial charge in [0.05, 0.1) is 0 Å². The normalized spacial score (nSPS) is 22.9. The summed E-state index contributed by atoms with van der Waals surface area (Å²) in [6.07, 6.45) is 6.90. The molecule has 1 saturated carbocycles. The summed E-state index contributed by atoms with van der Waals surface area (Å²) in [7, 11) is 0. The van der Waals surface area contributed by atoms with Gasteiger partial charge in [-0.1, -0.05) is 37.8 Å². The minimum Gasteiger partial charge on any atom is -0.326 e. The van der Waals surface area contributed by atoms with Crippen LogP contribution in [0.5, 0.6) is 0 Å². The fourth-order valence-corrected chi connectivity index (χ4v) is 4.70. The van der Waals surface area contributed by atoms with Crippen LogP contribution in [0.25, 0.3) is 0 Å². The van der Waals surface area contributed by atoms with Crippen molar-refractivity contribution in [3.8, 4) is 0 Å². The molecule has 2 fully saturated rings. The number of thioether (sulfide) groups is 1. The van der Waals surface area contributed by atoms with E-state index in [0.29, 0.717) is 6.42 Å². The summed E-state index contributed by atoms with van der Waals surface area (Å²) in [6.45, 7) is 0.787. The summed E-state index contributed by atoms with van der Waals surface area (Å²) in [5.74, 6) is 1.70. The molecule has 1 aromatic carbocycles. The summed E-state index contributed by atoms with van der Waals surface area (Å²) >= 11 is 1.74. The van der Waals surface area contributed by atoms with Crippen LogP contribution in [0, 0.1) is 11.7 Å². The first kappa shape index (κ1) is 14.9. The van der Waals surface area contributed by atoms with E-state index in [1.165, 1.54) is 31.7 Å². The van der Waals surface area contributed by atoms with Crippen LogP contribution in [0.1, 0.15) is 49.5 Å². The molecule has 1 heterocycles. The molecule has 0 spiro atoms. The zero-order valence-corrected chi connectivity index (χ0v) is 13.1. The Morgan fingerprint density at radius 1 is 1.33 bits per heavy atom. The highest BCUT2D eigenvalue weighted by atomic mass is 32.2. The van der Waals surface area contributed by atoms with E-state index in [4.69, 9.17) is 0 Å². The summed E-state index contributed by atoms with van der Waals surface area (Å²) < 4.78 is 13.4. The molecule has 2 nitrogen and oxygen atoms in total. The molecule has 21 heavy (non-hydrogen) atoms. The number of amides is 1. The fourth-order valence-electron chi connectivity index (χ4n) is 3.43. The number of hydrogen-bond donors (Lipinski definition) is 0. The van der Waals surface area contributed by atoms with Gasteiger partial charge in [0.15, 0.2) is 0 Å². The van der Waals surface area contributed by atoms with Crippen LogP contribution in [0.15, 0.2) is 24.3 Å². The van der Waals surface area contributed by atoms with Gasteiger partial charge in [-0.3, -0.25) is 4.79 Å². The lowest BCUT2D eigenvalue weighted by atomic mass is 10.0. The lowest BCUT2D eigenvalue weighted by Gasteiger charge is -2.24. The maximum absolute atomic E-state index is 13.4. The second-order valence-corrected chi connectivity index (χ2v) is 7.24. The van der Waals surface area contributed by atoms with Crippen LogP contribution < -0.4 is 0 Å². The van der Waals surface area contributed by atoms with Gasteiger partial charge < -0.3 is 4.90 Å². The standard InChI is InChI=1S/C17H22FNOS/c18-15-7-3-6-14(12-15)17-19(10-11-21-17)16(20)9-8-13-4-1-2-5-13/h3,6-7,12-13,17H,1-2,4-5,8-11H2/t17-/m0/s1. The van der Waals surface area contributed by atoms with Gasteiger partial charge in [0.2, 0.25) is 5.91 Å². The second-order valence-electron chi connectivity index (χ2n) is 6.05. The smallest absolute Gasteiger partial charge is 0.223 e. The first-order valence-electron chi connectivity index (χ1n) is 7.90. The van der Waals surface area contributed by atoms with Gasteiger partial charge in [0.25, 0.3) is 0 Å². The summed E-state index contributed by atoms with van der Waals surface area (Å²) in [5.41, 5.74) is 0.909. The molecule has 2 aliphatic rings. The van der Waals surface area contributed by atoms with E-state index in [-0.39, 0.29) is 17.1 Å². The molecule has 1 aromatic rings. The van der Waals surface area contributed by atoms with Crippen molar-refractivity contribution in [2.24, 2.45) is 5.92 Å². The third kappa shape index (κ3) is 3.60. The van der Waals surface area contributed by atoms with Crippen molar-refractivity contribution in [1.29, 1.82) is 0 Å². The molecule has 1 aliphatic carbocycles. The number of rotatable bonds is 4.